The number of hydrogen-bond acceptors (Lipinski definition) is 6. The Labute approximate surface area is 168 Å². The Kier molecular flexibility index (Phi) is 6.84. The summed E-state index contributed by atoms with van der Waals surface area (Å²) in [7, 11) is 0. The standard InChI is InChI=1S/C21H23N3O3S/c1-3-24-20(16-8-5-4-6-9-16)22-23-21(24)28-14-18(26)13-27-19-11-7-10-17(12-19)15(2)25/h4-12,18,26H,3,13-14H2,1-2H3/t18-/m1/s1. The van der Waals surface area contributed by atoms with E-state index in [4.69, 9.17) is 4.74 Å². The van der Waals surface area contributed by atoms with E-state index in [2.05, 4.69) is 10.2 Å². The van der Waals surface area contributed by atoms with E-state index in [1.165, 1.54) is 18.7 Å². The molecule has 0 amide bonds. The van der Waals surface area contributed by atoms with Crippen LogP contribution in [-0.4, -0.2) is 44.1 Å². The van der Waals surface area contributed by atoms with Gasteiger partial charge in [0.25, 0.3) is 0 Å². The lowest BCUT2D eigenvalue weighted by atomic mass is 10.1. The molecular weight excluding hydrogens is 374 g/mol. The first kappa shape index (κ1) is 20.1. The van der Waals surface area contributed by atoms with Crippen LogP contribution in [-0.2, 0) is 6.54 Å². The minimum absolute atomic E-state index is 0.0188. The van der Waals surface area contributed by atoms with E-state index in [0.29, 0.717) is 17.1 Å². The van der Waals surface area contributed by atoms with Crippen LogP contribution in [0, 0.1) is 0 Å². The zero-order valence-corrected chi connectivity index (χ0v) is 16.7. The Morgan fingerprint density at radius 2 is 1.96 bits per heavy atom. The smallest absolute Gasteiger partial charge is 0.191 e. The molecule has 0 aliphatic heterocycles. The summed E-state index contributed by atoms with van der Waals surface area (Å²) in [5.74, 6) is 1.80. The first-order valence-electron chi connectivity index (χ1n) is 9.11. The van der Waals surface area contributed by atoms with Crippen LogP contribution in [0.1, 0.15) is 24.2 Å². The molecule has 7 heteroatoms. The van der Waals surface area contributed by atoms with Crippen molar-refractivity contribution in [3.05, 3.63) is 60.2 Å². The lowest BCUT2D eigenvalue weighted by Crippen LogP contribution is -2.20. The number of aliphatic hydroxyl groups excluding tert-OH is 1. The quantitative estimate of drug-likeness (QED) is 0.438. The number of Topliss-reactive ketones (excluding diaryl/α,β-unsaturated/α-hetero) is 1. The van der Waals surface area contributed by atoms with Gasteiger partial charge in [-0.3, -0.25) is 4.79 Å². The Bertz CT molecular complexity index is 928. The van der Waals surface area contributed by atoms with Crippen molar-refractivity contribution in [3.8, 4) is 17.1 Å². The average molecular weight is 398 g/mol. The number of benzene rings is 2. The summed E-state index contributed by atoms with van der Waals surface area (Å²) < 4.78 is 7.65. The van der Waals surface area contributed by atoms with Gasteiger partial charge in [-0.15, -0.1) is 10.2 Å². The van der Waals surface area contributed by atoms with Crippen molar-refractivity contribution < 1.29 is 14.6 Å². The van der Waals surface area contributed by atoms with Crippen molar-refractivity contribution in [1.29, 1.82) is 0 Å². The maximum absolute atomic E-state index is 11.4. The monoisotopic (exact) mass is 397 g/mol. The van der Waals surface area contributed by atoms with Gasteiger partial charge < -0.3 is 14.4 Å². The molecule has 0 spiro atoms. The Hall–Kier alpha value is -2.64. The molecule has 1 atom stereocenters. The van der Waals surface area contributed by atoms with Crippen LogP contribution in [0.4, 0.5) is 0 Å². The molecule has 2 aromatic carbocycles. The summed E-state index contributed by atoms with van der Waals surface area (Å²) in [5, 5.41) is 19.6. The zero-order chi connectivity index (χ0) is 19.9. The van der Waals surface area contributed by atoms with Gasteiger partial charge in [0.2, 0.25) is 0 Å². The number of hydrogen-bond donors (Lipinski definition) is 1. The number of ketones is 1. The molecule has 146 valence electrons. The summed E-state index contributed by atoms with van der Waals surface area (Å²) in [6.07, 6.45) is -0.673. The average Bonchev–Trinajstić information content (AvgIpc) is 3.14. The third-order valence-corrected chi connectivity index (χ3v) is 5.26. The third-order valence-electron chi connectivity index (χ3n) is 4.15. The molecule has 0 fully saturated rings. The Morgan fingerprint density at radius 3 is 2.68 bits per heavy atom. The number of aliphatic hydroxyl groups is 1. The van der Waals surface area contributed by atoms with Crippen molar-refractivity contribution in [1.82, 2.24) is 14.8 Å². The van der Waals surface area contributed by atoms with Crippen molar-refractivity contribution in [3.63, 3.8) is 0 Å². The number of ether oxygens (including phenoxy) is 1. The molecule has 0 radical (unpaired) electrons. The minimum atomic E-state index is -0.673. The van der Waals surface area contributed by atoms with E-state index in [9.17, 15) is 9.90 Å². The van der Waals surface area contributed by atoms with Gasteiger partial charge in [-0.05, 0) is 26.0 Å². The van der Waals surface area contributed by atoms with Gasteiger partial charge in [0, 0.05) is 23.4 Å². The van der Waals surface area contributed by atoms with Crippen molar-refractivity contribution in [2.45, 2.75) is 31.7 Å². The van der Waals surface area contributed by atoms with Gasteiger partial charge in [0.05, 0.1) is 6.10 Å². The Balaban J connectivity index is 1.58. The number of carbonyl (C=O) groups excluding carboxylic acids is 1. The molecule has 1 heterocycles. The number of carbonyl (C=O) groups is 1. The van der Waals surface area contributed by atoms with Gasteiger partial charge in [-0.2, -0.15) is 0 Å². The fraction of sp³-hybridized carbons (Fsp3) is 0.286. The van der Waals surface area contributed by atoms with Gasteiger partial charge in [-0.1, -0.05) is 54.2 Å². The SMILES string of the molecule is CCn1c(SC[C@H](O)COc2cccc(C(C)=O)c2)nnc1-c1ccccc1. The van der Waals surface area contributed by atoms with Crippen LogP contribution >= 0.6 is 11.8 Å². The highest BCUT2D eigenvalue weighted by Crippen LogP contribution is 2.24. The molecule has 3 rings (SSSR count). The van der Waals surface area contributed by atoms with Crippen LogP contribution in [0.5, 0.6) is 5.75 Å². The molecule has 0 aliphatic rings. The van der Waals surface area contributed by atoms with Crippen molar-refractivity contribution in [2.75, 3.05) is 12.4 Å². The summed E-state index contributed by atoms with van der Waals surface area (Å²) >= 11 is 1.44. The maximum Gasteiger partial charge on any atom is 0.191 e. The largest absolute Gasteiger partial charge is 0.491 e. The second-order valence-electron chi connectivity index (χ2n) is 6.28. The second-order valence-corrected chi connectivity index (χ2v) is 7.26. The predicted molar refractivity (Wildman–Crippen MR) is 110 cm³/mol. The highest BCUT2D eigenvalue weighted by Gasteiger charge is 2.15. The van der Waals surface area contributed by atoms with Crippen LogP contribution < -0.4 is 4.74 Å². The molecule has 0 aliphatic carbocycles. The molecule has 0 saturated carbocycles. The van der Waals surface area contributed by atoms with E-state index >= 15 is 0 Å². The van der Waals surface area contributed by atoms with Gasteiger partial charge in [0.1, 0.15) is 12.4 Å². The lowest BCUT2D eigenvalue weighted by Gasteiger charge is -2.13. The first-order chi connectivity index (χ1) is 13.6. The lowest BCUT2D eigenvalue weighted by molar-refractivity contribution is 0.101. The fourth-order valence-electron chi connectivity index (χ4n) is 2.70. The van der Waals surface area contributed by atoms with Gasteiger partial charge in [-0.25, -0.2) is 0 Å². The number of thioether (sulfide) groups is 1. The summed E-state index contributed by atoms with van der Waals surface area (Å²) in [4.78, 5) is 11.4. The summed E-state index contributed by atoms with van der Waals surface area (Å²) in [6, 6.07) is 16.9. The van der Waals surface area contributed by atoms with Crippen LogP contribution in [0.25, 0.3) is 11.4 Å². The number of aromatic nitrogens is 3. The molecule has 0 unspecified atom stereocenters. The van der Waals surface area contributed by atoms with E-state index in [0.717, 1.165) is 23.1 Å². The number of rotatable bonds is 9. The minimum Gasteiger partial charge on any atom is -0.491 e. The molecule has 28 heavy (non-hydrogen) atoms. The molecular formula is C21H23N3O3S. The van der Waals surface area contributed by atoms with Crippen molar-refractivity contribution in [2.24, 2.45) is 0 Å². The molecule has 6 nitrogen and oxygen atoms in total. The fourth-order valence-corrected chi connectivity index (χ4v) is 3.61. The van der Waals surface area contributed by atoms with Crippen LogP contribution in [0.3, 0.4) is 0 Å². The van der Waals surface area contributed by atoms with Gasteiger partial charge >= 0.3 is 0 Å². The normalized spacial score (nSPS) is 12.0. The zero-order valence-electron chi connectivity index (χ0n) is 15.9. The predicted octanol–water partition coefficient (Wildman–Crippen LogP) is 3.70. The molecule has 0 bridgehead atoms. The van der Waals surface area contributed by atoms with Crippen molar-refractivity contribution >= 4 is 17.5 Å². The highest BCUT2D eigenvalue weighted by atomic mass is 32.2. The summed E-state index contributed by atoms with van der Waals surface area (Å²) in [5.41, 5.74) is 1.60. The highest BCUT2D eigenvalue weighted by molar-refractivity contribution is 7.99. The van der Waals surface area contributed by atoms with Crippen LogP contribution in [0.2, 0.25) is 0 Å². The second kappa shape index (κ2) is 9.52. The van der Waals surface area contributed by atoms with E-state index in [1.807, 2.05) is 41.8 Å². The first-order valence-corrected chi connectivity index (χ1v) is 10.1. The maximum atomic E-state index is 11.4. The molecule has 1 N–H and O–H groups in total. The summed E-state index contributed by atoms with van der Waals surface area (Å²) in [6.45, 7) is 4.43. The van der Waals surface area contributed by atoms with Gasteiger partial charge in [0.15, 0.2) is 16.8 Å². The van der Waals surface area contributed by atoms with E-state index in [-0.39, 0.29) is 12.4 Å². The molecule has 1 aromatic heterocycles. The topological polar surface area (TPSA) is 77.2 Å². The van der Waals surface area contributed by atoms with E-state index in [1.54, 1.807) is 24.3 Å². The van der Waals surface area contributed by atoms with E-state index < -0.39 is 6.10 Å². The third kappa shape index (κ3) is 4.99. The Morgan fingerprint density at radius 1 is 1.18 bits per heavy atom. The molecule has 3 aromatic rings. The molecule has 0 saturated heterocycles. The van der Waals surface area contributed by atoms with Crippen LogP contribution in [0.15, 0.2) is 59.8 Å². The number of nitrogens with zero attached hydrogens (tertiary/aromatic N) is 3.